The highest BCUT2D eigenvalue weighted by molar-refractivity contribution is 6.30. The second-order valence-corrected chi connectivity index (χ2v) is 7.38. The number of pyridine rings is 1. The third-order valence-electron chi connectivity index (χ3n) is 5.15. The summed E-state index contributed by atoms with van der Waals surface area (Å²) in [6, 6.07) is 23.0. The molecule has 142 valence electrons. The van der Waals surface area contributed by atoms with Crippen molar-refractivity contribution in [2.24, 2.45) is 0 Å². The Labute approximate surface area is 170 Å². The second kappa shape index (κ2) is 8.55. The lowest BCUT2D eigenvalue weighted by molar-refractivity contribution is 0.0597. The number of hydrogen-bond donors (Lipinski definition) is 0. The fourth-order valence-corrected chi connectivity index (χ4v) is 3.95. The van der Waals surface area contributed by atoms with Crippen LogP contribution in [0.1, 0.15) is 27.5 Å². The molecule has 1 saturated heterocycles. The van der Waals surface area contributed by atoms with E-state index in [1.165, 1.54) is 11.1 Å². The van der Waals surface area contributed by atoms with Crippen LogP contribution in [0.25, 0.3) is 0 Å². The number of halogens is 1. The Kier molecular flexibility index (Phi) is 5.70. The molecule has 4 nitrogen and oxygen atoms in total. The van der Waals surface area contributed by atoms with Gasteiger partial charge in [0, 0.05) is 38.6 Å². The van der Waals surface area contributed by atoms with E-state index in [0.717, 1.165) is 13.1 Å². The molecule has 0 atom stereocenters. The van der Waals surface area contributed by atoms with E-state index < -0.39 is 0 Å². The van der Waals surface area contributed by atoms with E-state index in [9.17, 15) is 4.79 Å². The van der Waals surface area contributed by atoms with E-state index in [1.807, 2.05) is 17.0 Å². The van der Waals surface area contributed by atoms with Gasteiger partial charge in [-0.3, -0.25) is 14.7 Å². The first-order valence-electron chi connectivity index (χ1n) is 9.46. The Morgan fingerprint density at radius 2 is 1.43 bits per heavy atom. The fourth-order valence-electron chi connectivity index (χ4n) is 3.78. The molecule has 0 aliphatic carbocycles. The summed E-state index contributed by atoms with van der Waals surface area (Å²) in [6.45, 7) is 2.99. The number of hydrogen-bond acceptors (Lipinski definition) is 3. The van der Waals surface area contributed by atoms with Crippen molar-refractivity contribution in [3.63, 3.8) is 0 Å². The van der Waals surface area contributed by atoms with Crippen LogP contribution >= 0.6 is 11.6 Å². The van der Waals surface area contributed by atoms with Crippen molar-refractivity contribution in [3.8, 4) is 0 Å². The van der Waals surface area contributed by atoms with Gasteiger partial charge in [0.25, 0.3) is 5.91 Å². The molecule has 1 amide bonds. The van der Waals surface area contributed by atoms with E-state index in [1.54, 1.807) is 18.5 Å². The van der Waals surface area contributed by atoms with Gasteiger partial charge in [-0.05, 0) is 17.2 Å². The first-order valence-corrected chi connectivity index (χ1v) is 9.84. The predicted octanol–water partition coefficient (Wildman–Crippen LogP) is 4.28. The van der Waals surface area contributed by atoms with Gasteiger partial charge in [0.1, 0.15) is 0 Å². The van der Waals surface area contributed by atoms with E-state index in [0.29, 0.717) is 23.7 Å². The number of amides is 1. The standard InChI is InChI=1S/C23H22ClN3O/c24-21-15-20(16-25-17-21)23(28)27-13-11-26(12-14-27)22(18-7-3-1-4-8-18)19-9-5-2-6-10-19/h1-10,15-17,22H,11-14H2. The summed E-state index contributed by atoms with van der Waals surface area (Å²) >= 11 is 5.99. The number of carbonyl (C=O) groups is 1. The Bertz CT molecular complexity index is 885. The quantitative estimate of drug-likeness (QED) is 0.666. The van der Waals surface area contributed by atoms with Crippen LogP contribution in [0.2, 0.25) is 5.02 Å². The molecule has 0 spiro atoms. The number of benzene rings is 2. The monoisotopic (exact) mass is 391 g/mol. The molecule has 1 aliphatic heterocycles. The Balaban J connectivity index is 1.51. The molecule has 1 fully saturated rings. The van der Waals surface area contributed by atoms with Crippen LogP contribution in [-0.2, 0) is 0 Å². The van der Waals surface area contributed by atoms with Crippen molar-refractivity contribution >= 4 is 17.5 Å². The van der Waals surface area contributed by atoms with Gasteiger partial charge in [-0.1, -0.05) is 72.3 Å². The van der Waals surface area contributed by atoms with Crippen LogP contribution in [0, 0.1) is 0 Å². The molecule has 0 N–H and O–H groups in total. The molecule has 3 aromatic rings. The first-order chi connectivity index (χ1) is 13.7. The van der Waals surface area contributed by atoms with Gasteiger partial charge in [-0.15, -0.1) is 0 Å². The minimum Gasteiger partial charge on any atom is -0.336 e. The molecule has 28 heavy (non-hydrogen) atoms. The summed E-state index contributed by atoms with van der Waals surface area (Å²) in [4.78, 5) is 21.1. The van der Waals surface area contributed by atoms with Gasteiger partial charge < -0.3 is 4.90 Å². The van der Waals surface area contributed by atoms with Gasteiger partial charge in [-0.2, -0.15) is 0 Å². The Morgan fingerprint density at radius 3 is 1.96 bits per heavy atom. The minimum atomic E-state index is -0.00868. The molecule has 4 rings (SSSR count). The molecule has 0 unspecified atom stereocenters. The van der Waals surface area contributed by atoms with Gasteiger partial charge in [-0.25, -0.2) is 0 Å². The molecule has 2 aromatic carbocycles. The molecule has 0 bridgehead atoms. The third kappa shape index (κ3) is 4.08. The lowest BCUT2D eigenvalue weighted by Gasteiger charge is -2.39. The van der Waals surface area contributed by atoms with Crippen molar-refractivity contribution in [1.29, 1.82) is 0 Å². The van der Waals surface area contributed by atoms with E-state index in [-0.39, 0.29) is 11.9 Å². The van der Waals surface area contributed by atoms with Crippen LogP contribution in [0.15, 0.2) is 79.1 Å². The molecule has 5 heteroatoms. The lowest BCUT2D eigenvalue weighted by atomic mass is 9.96. The zero-order valence-corrected chi connectivity index (χ0v) is 16.3. The summed E-state index contributed by atoms with van der Waals surface area (Å²) in [6.07, 6.45) is 3.12. The van der Waals surface area contributed by atoms with Crippen molar-refractivity contribution in [3.05, 3.63) is 101 Å². The number of nitrogens with zero attached hydrogens (tertiary/aromatic N) is 3. The summed E-state index contributed by atoms with van der Waals surface area (Å²) in [5, 5.41) is 0.484. The number of rotatable bonds is 4. The zero-order valence-electron chi connectivity index (χ0n) is 15.5. The van der Waals surface area contributed by atoms with Crippen molar-refractivity contribution in [2.45, 2.75) is 6.04 Å². The molecular formula is C23H22ClN3O. The van der Waals surface area contributed by atoms with Gasteiger partial charge in [0.05, 0.1) is 16.6 Å². The number of carbonyl (C=O) groups excluding carboxylic acids is 1. The van der Waals surface area contributed by atoms with Crippen LogP contribution < -0.4 is 0 Å². The Morgan fingerprint density at radius 1 is 0.857 bits per heavy atom. The number of piperazine rings is 1. The second-order valence-electron chi connectivity index (χ2n) is 6.94. The van der Waals surface area contributed by atoms with E-state index in [2.05, 4.69) is 58.4 Å². The highest BCUT2D eigenvalue weighted by atomic mass is 35.5. The predicted molar refractivity (Wildman–Crippen MR) is 111 cm³/mol. The maximum absolute atomic E-state index is 12.8. The molecule has 0 saturated carbocycles. The molecule has 1 aromatic heterocycles. The van der Waals surface area contributed by atoms with Gasteiger partial charge in [0.15, 0.2) is 0 Å². The third-order valence-corrected chi connectivity index (χ3v) is 5.36. The topological polar surface area (TPSA) is 36.4 Å². The average molecular weight is 392 g/mol. The summed E-state index contributed by atoms with van der Waals surface area (Å²) in [7, 11) is 0. The smallest absolute Gasteiger partial charge is 0.255 e. The first kappa shape index (κ1) is 18.7. The van der Waals surface area contributed by atoms with Crippen molar-refractivity contribution in [1.82, 2.24) is 14.8 Å². The highest BCUT2D eigenvalue weighted by Gasteiger charge is 2.28. The number of aromatic nitrogens is 1. The van der Waals surface area contributed by atoms with Crippen molar-refractivity contribution < 1.29 is 4.79 Å². The summed E-state index contributed by atoms with van der Waals surface area (Å²) < 4.78 is 0. The maximum atomic E-state index is 12.8. The molecule has 0 radical (unpaired) electrons. The Hall–Kier alpha value is -2.69. The fraction of sp³-hybridized carbons (Fsp3) is 0.217. The van der Waals surface area contributed by atoms with Gasteiger partial charge in [0.2, 0.25) is 0 Å². The van der Waals surface area contributed by atoms with Crippen LogP contribution in [-0.4, -0.2) is 46.9 Å². The van der Waals surface area contributed by atoms with Crippen LogP contribution in [0.4, 0.5) is 0 Å². The largest absolute Gasteiger partial charge is 0.336 e. The maximum Gasteiger partial charge on any atom is 0.255 e. The minimum absolute atomic E-state index is 0.00868. The van der Waals surface area contributed by atoms with E-state index in [4.69, 9.17) is 11.6 Å². The SMILES string of the molecule is O=C(c1cncc(Cl)c1)N1CCN(C(c2ccccc2)c2ccccc2)CC1. The molecular weight excluding hydrogens is 370 g/mol. The molecule has 2 heterocycles. The lowest BCUT2D eigenvalue weighted by Crippen LogP contribution is -2.49. The highest BCUT2D eigenvalue weighted by Crippen LogP contribution is 2.29. The molecule has 1 aliphatic rings. The van der Waals surface area contributed by atoms with Crippen LogP contribution in [0.5, 0.6) is 0 Å². The average Bonchev–Trinajstić information content (AvgIpc) is 2.75. The zero-order chi connectivity index (χ0) is 19.3. The summed E-state index contributed by atoms with van der Waals surface area (Å²) in [5.74, 6) is -0.00868. The summed E-state index contributed by atoms with van der Waals surface area (Å²) in [5.41, 5.74) is 3.09. The van der Waals surface area contributed by atoms with Gasteiger partial charge >= 0.3 is 0 Å². The van der Waals surface area contributed by atoms with E-state index >= 15 is 0 Å². The van der Waals surface area contributed by atoms with Crippen LogP contribution in [0.3, 0.4) is 0 Å². The normalized spacial score (nSPS) is 15.0. The van der Waals surface area contributed by atoms with Crippen molar-refractivity contribution in [2.75, 3.05) is 26.2 Å².